The van der Waals surface area contributed by atoms with Crippen LogP contribution in [0.25, 0.3) is 10.4 Å². The number of rotatable bonds is 7. The number of benzene rings is 1. The molecule has 1 aliphatic rings. The second-order valence-corrected chi connectivity index (χ2v) is 5.85. The molecule has 0 aliphatic carbocycles. The molecule has 1 aromatic rings. The summed E-state index contributed by atoms with van der Waals surface area (Å²) in [5.41, 5.74) is 9.19. The Hall–Kier alpha value is -2.12. The average molecular weight is 349 g/mol. The summed E-state index contributed by atoms with van der Waals surface area (Å²) in [6, 6.07) is 7.67. The van der Waals surface area contributed by atoms with Crippen molar-refractivity contribution in [2.45, 2.75) is 57.3 Å². The van der Waals surface area contributed by atoms with E-state index in [9.17, 15) is 9.90 Å². The number of azide groups is 1. The van der Waals surface area contributed by atoms with Crippen molar-refractivity contribution in [3.8, 4) is 0 Å². The number of hydrogen-bond acceptors (Lipinski definition) is 6. The van der Waals surface area contributed by atoms with Crippen LogP contribution in [0.2, 0.25) is 0 Å². The van der Waals surface area contributed by atoms with E-state index in [1.54, 1.807) is 37.3 Å². The van der Waals surface area contributed by atoms with Crippen molar-refractivity contribution in [3.05, 3.63) is 46.3 Å². The number of carbonyl (C=O) groups is 1. The lowest BCUT2D eigenvalue weighted by Gasteiger charge is -2.41. The summed E-state index contributed by atoms with van der Waals surface area (Å²) in [4.78, 5) is 15.2. The van der Waals surface area contributed by atoms with Crippen molar-refractivity contribution in [2.24, 2.45) is 5.11 Å². The van der Waals surface area contributed by atoms with Gasteiger partial charge in [0.25, 0.3) is 0 Å². The molecule has 5 atom stereocenters. The Kier molecular flexibility index (Phi) is 7.21. The smallest absolute Gasteiger partial charge is 0.338 e. The van der Waals surface area contributed by atoms with Crippen LogP contribution in [0, 0.1) is 0 Å². The molecule has 136 valence electrons. The summed E-state index contributed by atoms with van der Waals surface area (Å²) in [5, 5.41) is 13.9. The highest BCUT2D eigenvalue weighted by Gasteiger charge is 2.46. The molecular weight excluding hydrogens is 326 g/mol. The average Bonchev–Trinajstić information content (AvgIpc) is 2.61. The summed E-state index contributed by atoms with van der Waals surface area (Å²) < 4.78 is 16.6. The van der Waals surface area contributed by atoms with Crippen molar-refractivity contribution >= 4 is 5.97 Å². The predicted octanol–water partition coefficient (Wildman–Crippen LogP) is 2.81. The number of esters is 1. The molecule has 0 amide bonds. The number of unbranched alkanes of at least 4 members (excludes halogenated alkanes) is 1. The highest BCUT2D eigenvalue weighted by molar-refractivity contribution is 5.89. The number of aliphatic hydroxyl groups is 1. The van der Waals surface area contributed by atoms with Crippen LogP contribution >= 0.6 is 0 Å². The largest absolute Gasteiger partial charge is 0.455 e. The van der Waals surface area contributed by atoms with E-state index in [0.29, 0.717) is 12.2 Å². The number of aliphatic hydroxyl groups excluding tert-OH is 1. The maximum absolute atomic E-state index is 12.4. The van der Waals surface area contributed by atoms with Gasteiger partial charge >= 0.3 is 5.97 Å². The Balaban J connectivity index is 2.22. The monoisotopic (exact) mass is 349 g/mol. The summed E-state index contributed by atoms with van der Waals surface area (Å²) in [6.07, 6.45) is -2.07. The SMILES string of the molecule is CCCCO[C@@H]1C(OC(=O)c2ccccc2)[C@H](N=[N+]=[N-])C(C)O[C@@H]1O. The molecule has 2 rings (SSSR count). The zero-order valence-electron chi connectivity index (χ0n) is 14.3. The van der Waals surface area contributed by atoms with E-state index in [2.05, 4.69) is 10.0 Å². The van der Waals surface area contributed by atoms with Crippen LogP contribution in [-0.2, 0) is 14.2 Å². The highest BCUT2D eigenvalue weighted by atomic mass is 16.7. The molecular formula is C17H23N3O5. The van der Waals surface area contributed by atoms with Crippen LogP contribution in [0.5, 0.6) is 0 Å². The van der Waals surface area contributed by atoms with Crippen molar-refractivity contribution in [3.63, 3.8) is 0 Å². The molecule has 0 spiro atoms. The lowest BCUT2D eigenvalue weighted by atomic mass is 9.97. The molecule has 1 N–H and O–H groups in total. The summed E-state index contributed by atoms with van der Waals surface area (Å²) in [5.74, 6) is -0.575. The molecule has 1 fully saturated rings. The molecule has 0 radical (unpaired) electrons. The molecule has 1 heterocycles. The van der Waals surface area contributed by atoms with Crippen molar-refractivity contribution < 1.29 is 24.1 Å². The van der Waals surface area contributed by atoms with Gasteiger partial charge < -0.3 is 19.3 Å². The van der Waals surface area contributed by atoms with Crippen LogP contribution in [0.1, 0.15) is 37.0 Å². The fourth-order valence-corrected chi connectivity index (χ4v) is 2.66. The first-order chi connectivity index (χ1) is 12.1. The zero-order chi connectivity index (χ0) is 18.2. The van der Waals surface area contributed by atoms with Gasteiger partial charge in [-0.15, -0.1) is 0 Å². The van der Waals surface area contributed by atoms with Crippen LogP contribution < -0.4 is 0 Å². The third kappa shape index (κ3) is 4.93. The summed E-state index contributed by atoms with van der Waals surface area (Å²) in [7, 11) is 0. The standard InChI is InChI=1S/C17H23N3O5/c1-3-4-10-23-15-14(13(19-20-18)11(2)24-17(15)22)25-16(21)12-8-6-5-7-9-12/h5-9,11,13-15,17,22H,3-4,10H2,1-2H3/t11?,13-,14?,15-,17+/m1/s1. The van der Waals surface area contributed by atoms with Gasteiger partial charge in [-0.05, 0) is 31.0 Å². The molecule has 2 unspecified atom stereocenters. The minimum Gasteiger partial charge on any atom is -0.455 e. The zero-order valence-corrected chi connectivity index (χ0v) is 14.3. The van der Waals surface area contributed by atoms with E-state index >= 15 is 0 Å². The number of ether oxygens (including phenoxy) is 3. The van der Waals surface area contributed by atoms with Crippen LogP contribution in [0.3, 0.4) is 0 Å². The molecule has 1 aromatic carbocycles. The van der Waals surface area contributed by atoms with Crippen molar-refractivity contribution in [2.75, 3.05) is 6.61 Å². The molecule has 1 saturated heterocycles. The van der Waals surface area contributed by atoms with Gasteiger partial charge in [0.2, 0.25) is 0 Å². The van der Waals surface area contributed by atoms with Gasteiger partial charge in [-0.2, -0.15) is 0 Å². The maximum Gasteiger partial charge on any atom is 0.338 e. The molecule has 25 heavy (non-hydrogen) atoms. The highest BCUT2D eigenvalue weighted by Crippen LogP contribution is 2.28. The lowest BCUT2D eigenvalue weighted by Crippen LogP contribution is -2.58. The van der Waals surface area contributed by atoms with E-state index in [1.807, 2.05) is 6.92 Å². The van der Waals surface area contributed by atoms with Gasteiger partial charge in [-0.1, -0.05) is 36.7 Å². The normalized spacial score (nSPS) is 28.8. The Bertz CT molecular complexity index is 606. The van der Waals surface area contributed by atoms with Gasteiger partial charge in [-0.25, -0.2) is 4.79 Å². The molecule has 0 bridgehead atoms. The first kappa shape index (κ1) is 19.2. The van der Waals surface area contributed by atoms with E-state index in [4.69, 9.17) is 19.7 Å². The van der Waals surface area contributed by atoms with Crippen LogP contribution in [0.15, 0.2) is 35.4 Å². The topological polar surface area (TPSA) is 114 Å². The Morgan fingerprint density at radius 2 is 2.08 bits per heavy atom. The van der Waals surface area contributed by atoms with Gasteiger partial charge in [0.15, 0.2) is 6.29 Å². The third-order valence-electron chi connectivity index (χ3n) is 4.02. The Morgan fingerprint density at radius 3 is 2.72 bits per heavy atom. The minimum absolute atomic E-state index is 0.364. The van der Waals surface area contributed by atoms with E-state index in [1.165, 1.54) is 0 Å². The molecule has 8 heteroatoms. The fraction of sp³-hybridized carbons (Fsp3) is 0.588. The fourth-order valence-electron chi connectivity index (χ4n) is 2.66. The number of nitrogens with zero attached hydrogens (tertiary/aromatic N) is 3. The summed E-state index contributed by atoms with van der Waals surface area (Å²) >= 11 is 0. The number of carbonyl (C=O) groups excluding carboxylic acids is 1. The van der Waals surface area contributed by atoms with E-state index < -0.39 is 36.6 Å². The Labute approximate surface area is 146 Å². The van der Waals surface area contributed by atoms with E-state index in [-0.39, 0.29) is 0 Å². The van der Waals surface area contributed by atoms with Gasteiger partial charge in [0.1, 0.15) is 18.2 Å². The van der Waals surface area contributed by atoms with Crippen LogP contribution in [0.4, 0.5) is 0 Å². The van der Waals surface area contributed by atoms with Gasteiger partial charge in [-0.3, -0.25) is 0 Å². The first-order valence-electron chi connectivity index (χ1n) is 8.33. The van der Waals surface area contributed by atoms with Crippen LogP contribution in [-0.4, -0.2) is 48.3 Å². The quantitative estimate of drug-likeness (QED) is 0.267. The van der Waals surface area contributed by atoms with Gasteiger partial charge in [0, 0.05) is 11.5 Å². The third-order valence-corrected chi connectivity index (χ3v) is 4.02. The predicted molar refractivity (Wildman–Crippen MR) is 89.8 cm³/mol. The second kappa shape index (κ2) is 9.39. The van der Waals surface area contributed by atoms with E-state index in [0.717, 1.165) is 12.8 Å². The molecule has 0 aromatic heterocycles. The summed E-state index contributed by atoms with van der Waals surface area (Å²) in [6.45, 7) is 4.03. The lowest BCUT2D eigenvalue weighted by molar-refractivity contribution is -0.261. The first-order valence-corrected chi connectivity index (χ1v) is 8.33. The maximum atomic E-state index is 12.4. The van der Waals surface area contributed by atoms with Gasteiger partial charge in [0.05, 0.1) is 11.7 Å². The molecule has 0 saturated carbocycles. The molecule has 1 aliphatic heterocycles. The second-order valence-electron chi connectivity index (χ2n) is 5.85. The minimum atomic E-state index is -1.27. The Morgan fingerprint density at radius 1 is 1.36 bits per heavy atom. The van der Waals surface area contributed by atoms with Crippen molar-refractivity contribution in [1.82, 2.24) is 0 Å². The molecule has 8 nitrogen and oxygen atoms in total. The number of hydrogen-bond donors (Lipinski definition) is 1. The van der Waals surface area contributed by atoms with Crippen molar-refractivity contribution in [1.29, 1.82) is 0 Å².